The number of aromatic nitrogens is 2. The van der Waals surface area contributed by atoms with Gasteiger partial charge in [0.25, 0.3) is 0 Å². The number of nitrogens with zero attached hydrogens (tertiary/aromatic N) is 4. The molecule has 2 aromatic rings. The van der Waals surface area contributed by atoms with Crippen molar-refractivity contribution in [3.8, 4) is 11.4 Å². The van der Waals surface area contributed by atoms with Crippen molar-refractivity contribution in [1.29, 1.82) is 0 Å². The van der Waals surface area contributed by atoms with Crippen LogP contribution in [0.5, 0.6) is 0 Å². The number of benzene rings is 1. The fraction of sp³-hybridized carbons (Fsp3) is 0.444. The Morgan fingerprint density at radius 1 is 1.07 bits per heavy atom. The van der Waals surface area contributed by atoms with Gasteiger partial charge in [-0.25, -0.2) is 9.97 Å². The lowest BCUT2D eigenvalue weighted by Crippen LogP contribution is -2.45. The molecule has 1 aromatic heterocycles. The highest BCUT2D eigenvalue weighted by molar-refractivity contribution is 6.29. The van der Waals surface area contributed by atoms with E-state index in [0.29, 0.717) is 23.8 Å². The number of hydrogen-bond donors (Lipinski definition) is 1. The molecule has 0 atom stereocenters. The van der Waals surface area contributed by atoms with E-state index in [2.05, 4.69) is 32.1 Å². The first-order chi connectivity index (χ1) is 12.8. The molecule has 27 heavy (non-hydrogen) atoms. The molecule has 1 aromatic carbocycles. The fourth-order valence-electron chi connectivity index (χ4n) is 2.86. The predicted molar refractivity (Wildman–Crippen MR) is 99.9 cm³/mol. The van der Waals surface area contributed by atoms with Crippen molar-refractivity contribution in [2.45, 2.75) is 6.18 Å². The molecule has 0 bridgehead atoms. The molecule has 1 aliphatic heterocycles. The van der Waals surface area contributed by atoms with Crippen molar-refractivity contribution in [3.05, 3.63) is 41.0 Å². The fourth-order valence-corrected chi connectivity index (χ4v) is 3.04. The van der Waals surface area contributed by atoms with E-state index in [4.69, 9.17) is 11.6 Å². The van der Waals surface area contributed by atoms with Crippen LogP contribution in [-0.4, -0.2) is 66.1 Å². The highest BCUT2D eigenvalue weighted by Crippen LogP contribution is 2.30. The Morgan fingerprint density at radius 2 is 1.74 bits per heavy atom. The summed E-state index contributed by atoms with van der Waals surface area (Å²) in [4.78, 5) is 13.2. The number of alkyl halides is 3. The van der Waals surface area contributed by atoms with Crippen molar-refractivity contribution in [2.75, 3.05) is 51.6 Å². The molecule has 0 spiro atoms. The second-order valence-corrected chi connectivity index (χ2v) is 6.93. The first-order valence-electron chi connectivity index (χ1n) is 8.68. The van der Waals surface area contributed by atoms with Gasteiger partial charge in [0, 0.05) is 50.9 Å². The SMILES string of the molecule is CN1CCN(CCNc2cc(Cl)nc(-c3ccc(C(F)(F)F)cc3)n2)CC1. The van der Waals surface area contributed by atoms with Crippen molar-refractivity contribution in [2.24, 2.45) is 0 Å². The molecule has 3 rings (SSSR count). The molecule has 9 heteroatoms. The van der Waals surface area contributed by atoms with E-state index in [1.807, 2.05) is 0 Å². The van der Waals surface area contributed by atoms with Gasteiger partial charge in [0.2, 0.25) is 0 Å². The van der Waals surface area contributed by atoms with Gasteiger partial charge in [-0.05, 0) is 19.2 Å². The van der Waals surface area contributed by atoms with Gasteiger partial charge in [-0.1, -0.05) is 23.7 Å². The third-order valence-corrected chi connectivity index (χ3v) is 4.69. The second-order valence-electron chi connectivity index (χ2n) is 6.55. The molecule has 0 amide bonds. The number of halogens is 4. The van der Waals surface area contributed by atoms with Crippen LogP contribution in [0.3, 0.4) is 0 Å². The second kappa shape index (κ2) is 8.41. The van der Waals surface area contributed by atoms with E-state index in [1.54, 1.807) is 6.07 Å². The monoisotopic (exact) mass is 399 g/mol. The predicted octanol–water partition coefficient (Wildman–Crippen LogP) is 3.48. The Morgan fingerprint density at radius 3 is 2.37 bits per heavy atom. The number of likely N-dealkylation sites (N-methyl/N-ethyl adjacent to an activating group) is 1. The summed E-state index contributed by atoms with van der Waals surface area (Å²) in [5.74, 6) is 0.845. The lowest BCUT2D eigenvalue weighted by Gasteiger charge is -2.32. The Labute approximate surface area is 161 Å². The summed E-state index contributed by atoms with van der Waals surface area (Å²) in [6, 6.07) is 6.34. The average Bonchev–Trinajstić information content (AvgIpc) is 2.62. The smallest absolute Gasteiger partial charge is 0.369 e. The topological polar surface area (TPSA) is 44.3 Å². The molecule has 0 radical (unpaired) electrons. The molecule has 146 valence electrons. The van der Waals surface area contributed by atoms with Crippen LogP contribution in [0, 0.1) is 0 Å². The summed E-state index contributed by atoms with van der Waals surface area (Å²) < 4.78 is 38.1. The maximum absolute atomic E-state index is 12.7. The largest absolute Gasteiger partial charge is 0.416 e. The third-order valence-electron chi connectivity index (χ3n) is 4.50. The van der Waals surface area contributed by atoms with Gasteiger partial charge < -0.3 is 10.2 Å². The van der Waals surface area contributed by atoms with Crippen molar-refractivity contribution >= 4 is 17.4 Å². The maximum Gasteiger partial charge on any atom is 0.416 e. The van der Waals surface area contributed by atoms with Crippen LogP contribution in [0.2, 0.25) is 5.15 Å². The van der Waals surface area contributed by atoms with E-state index in [1.165, 1.54) is 12.1 Å². The summed E-state index contributed by atoms with van der Waals surface area (Å²) in [6.07, 6.45) is -4.37. The van der Waals surface area contributed by atoms with Crippen molar-refractivity contribution < 1.29 is 13.2 Å². The highest BCUT2D eigenvalue weighted by atomic mass is 35.5. The van der Waals surface area contributed by atoms with Gasteiger partial charge in [0.1, 0.15) is 11.0 Å². The van der Waals surface area contributed by atoms with Gasteiger partial charge in [-0.2, -0.15) is 13.2 Å². The summed E-state index contributed by atoms with van der Waals surface area (Å²) in [7, 11) is 2.11. The first-order valence-corrected chi connectivity index (χ1v) is 9.06. The first kappa shape index (κ1) is 19.9. The van der Waals surface area contributed by atoms with E-state index in [0.717, 1.165) is 44.9 Å². The summed E-state index contributed by atoms with van der Waals surface area (Å²) in [6.45, 7) is 5.74. The molecule has 2 heterocycles. The summed E-state index contributed by atoms with van der Waals surface area (Å²) in [5.41, 5.74) is -0.230. The molecule has 1 saturated heterocycles. The van der Waals surface area contributed by atoms with Crippen LogP contribution in [-0.2, 0) is 6.18 Å². The zero-order valence-corrected chi connectivity index (χ0v) is 15.7. The van der Waals surface area contributed by atoms with Gasteiger partial charge in [-0.3, -0.25) is 4.90 Å². The molecule has 1 aliphatic rings. The van der Waals surface area contributed by atoms with E-state index in [9.17, 15) is 13.2 Å². The van der Waals surface area contributed by atoms with Gasteiger partial charge in [0.15, 0.2) is 5.82 Å². The number of hydrogen-bond acceptors (Lipinski definition) is 5. The lowest BCUT2D eigenvalue weighted by molar-refractivity contribution is -0.137. The van der Waals surface area contributed by atoms with Gasteiger partial charge in [0.05, 0.1) is 5.56 Å². The molecule has 0 saturated carbocycles. The molecule has 0 aliphatic carbocycles. The third kappa shape index (κ3) is 5.54. The number of piperazine rings is 1. The van der Waals surface area contributed by atoms with Crippen LogP contribution in [0.15, 0.2) is 30.3 Å². The van der Waals surface area contributed by atoms with Crippen LogP contribution in [0.1, 0.15) is 5.56 Å². The lowest BCUT2D eigenvalue weighted by atomic mass is 10.1. The Kier molecular flexibility index (Phi) is 6.18. The average molecular weight is 400 g/mol. The Hall–Kier alpha value is -1.90. The van der Waals surface area contributed by atoms with E-state index >= 15 is 0 Å². The maximum atomic E-state index is 12.7. The van der Waals surface area contributed by atoms with Crippen LogP contribution in [0.25, 0.3) is 11.4 Å². The molecular weight excluding hydrogens is 379 g/mol. The van der Waals surface area contributed by atoms with Crippen LogP contribution in [0.4, 0.5) is 19.0 Å². The van der Waals surface area contributed by atoms with Crippen molar-refractivity contribution in [1.82, 2.24) is 19.8 Å². The van der Waals surface area contributed by atoms with Crippen LogP contribution >= 0.6 is 11.6 Å². The quantitative estimate of drug-likeness (QED) is 0.780. The molecule has 1 fully saturated rings. The van der Waals surface area contributed by atoms with E-state index < -0.39 is 11.7 Å². The zero-order valence-electron chi connectivity index (χ0n) is 14.9. The summed E-state index contributed by atoms with van der Waals surface area (Å²) in [5, 5.41) is 3.46. The molecule has 1 N–H and O–H groups in total. The number of nitrogens with one attached hydrogen (secondary N) is 1. The van der Waals surface area contributed by atoms with Crippen molar-refractivity contribution in [3.63, 3.8) is 0 Å². The normalized spacial score (nSPS) is 16.5. The van der Waals surface area contributed by atoms with Gasteiger partial charge in [-0.15, -0.1) is 0 Å². The Bertz CT molecular complexity index is 759. The van der Waals surface area contributed by atoms with E-state index in [-0.39, 0.29) is 5.15 Å². The molecule has 5 nitrogen and oxygen atoms in total. The zero-order chi connectivity index (χ0) is 19.4. The molecular formula is C18H21ClF3N5. The minimum Gasteiger partial charge on any atom is -0.369 e. The minimum atomic E-state index is -4.37. The van der Waals surface area contributed by atoms with Gasteiger partial charge >= 0.3 is 6.18 Å². The standard InChI is InChI=1S/C18H21ClF3N5/c1-26-8-10-27(11-9-26)7-6-23-16-12-15(19)24-17(25-16)13-2-4-14(5-3-13)18(20,21)22/h2-5,12H,6-11H2,1H3,(H,23,24,25). The highest BCUT2D eigenvalue weighted by Gasteiger charge is 2.30. The summed E-state index contributed by atoms with van der Waals surface area (Å²) >= 11 is 6.06. The number of anilines is 1. The number of rotatable bonds is 5. The molecule has 0 unspecified atom stereocenters. The Balaban J connectivity index is 1.64. The van der Waals surface area contributed by atoms with Crippen LogP contribution < -0.4 is 5.32 Å². The minimum absolute atomic E-state index is 0.238.